The molecule has 0 radical (unpaired) electrons. The monoisotopic (exact) mass is 381 g/mol. The summed E-state index contributed by atoms with van der Waals surface area (Å²) in [5, 5.41) is 11.7. The lowest BCUT2D eigenvalue weighted by atomic mass is 10.0. The van der Waals surface area contributed by atoms with E-state index in [4.69, 9.17) is 4.74 Å². The Morgan fingerprint density at radius 1 is 1.11 bits per heavy atom. The number of hydrogen-bond donors (Lipinski definition) is 2. The molecule has 0 fully saturated rings. The number of alkyl halides is 3. The topological polar surface area (TPSA) is 75.6 Å². The number of benzene rings is 2. The number of carboxylic acid groups (broad SMARTS) is 1. The van der Waals surface area contributed by atoms with Gasteiger partial charge >= 0.3 is 12.1 Å². The van der Waals surface area contributed by atoms with Crippen molar-refractivity contribution in [2.24, 2.45) is 0 Å². The van der Waals surface area contributed by atoms with Gasteiger partial charge in [0.25, 0.3) is 5.91 Å². The summed E-state index contributed by atoms with van der Waals surface area (Å²) in [6.07, 6.45) is -5.86. The Balaban J connectivity index is 2.16. The van der Waals surface area contributed by atoms with Gasteiger partial charge < -0.3 is 15.2 Å². The Morgan fingerprint density at radius 3 is 2.33 bits per heavy atom. The van der Waals surface area contributed by atoms with Gasteiger partial charge in [-0.2, -0.15) is 13.2 Å². The van der Waals surface area contributed by atoms with E-state index in [-0.39, 0.29) is 12.0 Å². The van der Waals surface area contributed by atoms with E-state index < -0.39 is 35.8 Å². The summed E-state index contributed by atoms with van der Waals surface area (Å²) in [7, 11) is 1.31. The molecule has 0 spiro atoms. The first-order valence-electron chi connectivity index (χ1n) is 7.99. The molecule has 27 heavy (non-hydrogen) atoms. The van der Waals surface area contributed by atoms with Crippen molar-refractivity contribution in [1.29, 1.82) is 0 Å². The van der Waals surface area contributed by atoms with Crippen LogP contribution in [-0.2, 0) is 26.9 Å². The van der Waals surface area contributed by atoms with Crippen molar-refractivity contribution in [2.75, 3.05) is 7.11 Å². The SMILES string of the molecule is CO[C@H](C(=O)N[C@@H](Cc1cccc(C(F)(F)F)c1)C(=O)O)c1ccccc1. The predicted molar refractivity (Wildman–Crippen MR) is 90.9 cm³/mol. The van der Waals surface area contributed by atoms with Crippen LogP contribution in [0.3, 0.4) is 0 Å². The maximum atomic E-state index is 12.8. The Bertz CT molecular complexity index is 793. The minimum Gasteiger partial charge on any atom is -0.480 e. The standard InChI is InChI=1S/C19H18F3NO4/c1-27-16(13-7-3-2-4-8-13)17(24)23-15(18(25)26)11-12-6-5-9-14(10-12)19(20,21)22/h2-10,15-16H,11H2,1H3,(H,23,24)(H,25,26)/t15-,16-/m0/s1. The van der Waals surface area contributed by atoms with E-state index >= 15 is 0 Å². The second kappa shape index (κ2) is 8.68. The Morgan fingerprint density at radius 2 is 1.78 bits per heavy atom. The Kier molecular flexibility index (Phi) is 6.57. The third kappa shape index (κ3) is 5.55. The summed E-state index contributed by atoms with van der Waals surface area (Å²) in [5.74, 6) is -2.05. The number of aliphatic carboxylic acids is 1. The highest BCUT2D eigenvalue weighted by molar-refractivity contribution is 5.87. The van der Waals surface area contributed by atoms with Crippen molar-refractivity contribution in [3.63, 3.8) is 0 Å². The molecule has 0 bridgehead atoms. The minimum absolute atomic E-state index is 0.145. The van der Waals surface area contributed by atoms with E-state index in [1.165, 1.54) is 19.2 Å². The van der Waals surface area contributed by atoms with Gasteiger partial charge in [0.1, 0.15) is 6.04 Å². The molecule has 0 aliphatic carbocycles. The van der Waals surface area contributed by atoms with E-state index in [0.717, 1.165) is 12.1 Å². The van der Waals surface area contributed by atoms with E-state index in [9.17, 15) is 27.9 Å². The second-order valence-corrected chi connectivity index (χ2v) is 5.83. The predicted octanol–water partition coefficient (Wildman–Crippen LogP) is 3.21. The van der Waals surface area contributed by atoms with Crippen LogP contribution in [0, 0.1) is 0 Å². The molecule has 2 N–H and O–H groups in total. The zero-order valence-electron chi connectivity index (χ0n) is 14.4. The number of hydrogen-bond acceptors (Lipinski definition) is 3. The summed E-state index contributed by atoms with van der Waals surface area (Å²) >= 11 is 0. The first kappa shape index (κ1) is 20.4. The van der Waals surface area contributed by atoms with Crippen LogP contribution in [0.25, 0.3) is 0 Å². The summed E-state index contributed by atoms with van der Waals surface area (Å²) < 4.78 is 43.6. The number of methoxy groups -OCH3 is 1. The molecule has 2 atom stereocenters. The average molecular weight is 381 g/mol. The molecule has 0 unspecified atom stereocenters. The maximum Gasteiger partial charge on any atom is 0.416 e. The van der Waals surface area contributed by atoms with E-state index in [2.05, 4.69) is 5.32 Å². The van der Waals surface area contributed by atoms with Crippen molar-refractivity contribution >= 4 is 11.9 Å². The largest absolute Gasteiger partial charge is 0.480 e. The van der Waals surface area contributed by atoms with Crippen LogP contribution < -0.4 is 5.32 Å². The molecular weight excluding hydrogens is 363 g/mol. The molecule has 2 rings (SSSR count). The van der Waals surface area contributed by atoms with Crippen molar-refractivity contribution in [2.45, 2.75) is 24.7 Å². The number of ether oxygens (including phenoxy) is 1. The molecule has 0 saturated heterocycles. The number of amides is 1. The quantitative estimate of drug-likeness (QED) is 0.772. The van der Waals surface area contributed by atoms with E-state index in [0.29, 0.717) is 5.56 Å². The van der Waals surface area contributed by atoms with Gasteiger partial charge in [-0.1, -0.05) is 48.5 Å². The lowest BCUT2D eigenvalue weighted by molar-refractivity contribution is -0.144. The molecule has 2 aromatic carbocycles. The van der Waals surface area contributed by atoms with Gasteiger partial charge in [0.2, 0.25) is 0 Å². The van der Waals surface area contributed by atoms with Gasteiger partial charge in [-0.25, -0.2) is 4.79 Å². The molecule has 5 nitrogen and oxygen atoms in total. The summed E-state index contributed by atoms with van der Waals surface area (Å²) in [6.45, 7) is 0. The fraction of sp³-hybridized carbons (Fsp3) is 0.263. The van der Waals surface area contributed by atoms with Gasteiger partial charge in [-0.3, -0.25) is 4.79 Å². The normalized spacial score (nSPS) is 13.6. The molecular formula is C19H18F3NO4. The van der Waals surface area contributed by atoms with Crippen molar-refractivity contribution in [1.82, 2.24) is 5.32 Å². The number of carbonyl (C=O) groups excluding carboxylic acids is 1. The molecule has 1 amide bonds. The number of nitrogens with one attached hydrogen (secondary N) is 1. The van der Waals surface area contributed by atoms with Crippen molar-refractivity contribution < 1.29 is 32.6 Å². The smallest absolute Gasteiger partial charge is 0.416 e. The lowest BCUT2D eigenvalue weighted by Gasteiger charge is -2.20. The molecule has 8 heteroatoms. The van der Waals surface area contributed by atoms with Gasteiger partial charge in [-0.15, -0.1) is 0 Å². The Hall–Kier alpha value is -2.87. The zero-order valence-corrected chi connectivity index (χ0v) is 14.4. The number of carbonyl (C=O) groups is 2. The van der Waals surface area contributed by atoms with Gasteiger partial charge in [-0.05, 0) is 17.2 Å². The van der Waals surface area contributed by atoms with Crippen LogP contribution >= 0.6 is 0 Å². The summed E-state index contributed by atoms with van der Waals surface area (Å²) in [4.78, 5) is 23.9. The zero-order chi connectivity index (χ0) is 20.0. The fourth-order valence-electron chi connectivity index (χ4n) is 2.58. The van der Waals surface area contributed by atoms with Crippen LogP contribution in [0.1, 0.15) is 22.8 Å². The second-order valence-electron chi connectivity index (χ2n) is 5.83. The minimum atomic E-state index is -4.54. The first-order valence-corrected chi connectivity index (χ1v) is 7.99. The van der Waals surface area contributed by atoms with Crippen LogP contribution in [0.15, 0.2) is 54.6 Å². The number of rotatable bonds is 7. The first-order chi connectivity index (χ1) is 12.7. The Labute approximate surface area is 153 Å². The number of halogens is 3. The summed E-state index contributed by atoms with van der Waals surface area (Å²) in [5.41, 5.74) is -0.207. The van der Waals surface area contributed by atoms with E-state index in [1.54, 1.807) is 30.3 Å². The number of carboxylic acids is 1. The highest BCUT2D eigenvalue weighted by atomic mass is 19.4. The molecule has 144 valence electrons. The molecule has 0 saturated carbocycles. The molecule has 0 aliphatic heterocycles. The van der Waals surface area contributed by atoms with Gasteiger partial charge in [0.15, 0.2) is 6.10 Å². The molecule has 0 heterocycles. The van der Waals surface area contributed by atoms with Crippen molar-refractivity contribution in [3.05, 3.63) is 71.3 Å². The fourth-order valence-corrected chi connectivity index (χ4v) is 2.58. The maximum absolute atomic E-state index is 12.8. The molecule has 2 aromatic rings. The molecule has 0 aliphatic rings. The van der Waals surface area contributed by atoms with E-state index in [1.807, 2.05) is 0 Å². The van der Waals surface area contributed by atoms with Gasteiger partial charge in [0, 0.05) is 13.5 Å². The third-order valence-electron chi connectivity index (χ3n) is 3.88. The lowest BCUT2D eigenvalue weighted by Crippen LogP contribution is -2.44. The van der Waals surface area contributed by atoms with Crippen LogP contribution in [0.2, 0.25) is 0 Å². The van der Waals surface area contributed by atoms with Crippen LogP contribution in [0.4, 0.5) is 13.2 Å². The highest BCUT2D eigenvalue weighted by Gasteiger charge is 2.31. The highest BCUT2D eigenvalue weighted by Crippen LogP contribution is 2.29. The third-order valence-corrected chi connectivity index (χ3v) is 3.88. The van der Waals surface area contributed by atoms with Crippen LogP contribution in [0.5, 0.6) is 0 Å². The van der Waals surface area contributed by atoms with Gasteiger partial charge in [0.05, 0.1) is 5.56 Å². The van der Waals surface area contributed by atoms with Crippen LogP contribution in [-0.4, -0.2) is 30.1 Å². The van der Waals surface area contributed by atoms with Crippen molar-refractivity contribution in [3.8, 4) is 0 Å². The summed E-state index contributed by atoms with van der Waals surface area (Å²) in [6, 6.07) is 11.4. The molecule has 0 aromatic heterocycles. The average Bonchev–Trinajstić information content (AvgIpc) is 2.62.